The first-order chi connectivity index (χ1) is 19.1. The number of likely N-dealkylation sites (N-methyl/N-ethyl adjacent to an activating group) is 1. The zero-order valence-corrected chi connectivity index (χ0v) is 22.4. The summed E-state index contributed by atoms with van der Waals surface area (Å²) in [7, 11) is 1.61. The summed E-state index contributed by atoms with van der Waals surface area (Å²) in [5.41, 5.74) is 1.68. The van der Waals surface area contributed by atoms with Gasteiger partial charge in [-0.15, -0.1) is 0 Å². The molecule has 1 aromatic heterocycles. The Balaban J connectivity index is 0.00000308. The van der Waals surface area contributed by atoms with Gasteiger partial charge in [-0.25, -0.2) is 18.6 Å². The minimum absolute atomic E-state index is 0. The summed E-state index contributed by atoms with van der Waals surface area (Å²) < 4.78 is 32.6. The molecule has 2 heterocycles. The number of pyridine rings is 1. The van der Waals surface area contributed by atoms with Gasteiger partial charge in [0.1, 0.15) is 23.3 Å². The molecule has 10 heteroatoms. The normalized spacial score (nSPS) is 17.4. The minimum Gasteiger partial charge on any atom is -0.472 e. The standard InChI is InChI=1S/C30H30F2N4O4.2H2/c1-19-16-36(20(2)18-37)29(38)26-14-22(5-4-21-6-8-23(31)9-7-21)15-33-28(26)40-27(19)17-35(3)30(39)34-25-12-10-24(32)11-13-25;;/h6-15,19-20,27,37H,16-18H2,1-3H3,(H,34,39);2*1H/t19-,20+,27-;;/m0../s1. The average Bonchev–Trinajstić information content (AvgIpc) is 2.95. The second kappa shape index (κ2) is 12.6. The molecule has 3 atom stereocenters. The molecule has 0 saturated carbocycles. The van der Waals surface area contributed by atoms with Crippen LogP contribution in [0.15, 0.2) is 60.8 Å². The fourth-order valence-electron chi connectivity index (χ4n) is 4.17. The number of aliphatic hydroxyl groups is 1. The second-order valence-electron chi connectivity index (χ2n) is 9.77. The van der Waals surface area contributed by atoms with Crippen molar-refractivity contribution in [1.29, 1.82) is 0 Å². The topological polar surface area (TPSA) is 95.0 Å². The van der Waals surface area contributed by atoms with Gasteiger partial charge in [-0.2, -0.15) is 0 Å². The van der Waals surface area contributed by atoms with Gasteiger partial charge in [-0.05, 0) is 61.5 Å². The fraction of sp³-hybridized carbons (Fsp3) is 0.300. The van der Waals surface area contributed by atoms with E-state index < -0.39 is 24.0 Å². The van der Waals surface area contributed by atoms with Crippen molar-refractivity contribution in [2.75, 3.05) is 32.1 Å². The van der Waals surface area contributed by atoms with Gasteiger partial charge in [0.15, 0.2) is 0 Å². The highest BCUT2D eigenvalue weighted by molar-refractivity contribution is 5.97. The van der Waals surface area contributed by atoms with Crippen LogP contribution in [-0.2, 0) is 0 Å². The lowest BCUT2D eigenvalue weighted by atomic mass is 10.00. The smallest absolute Gasteiger partial charge is 0.321 e. The third kappa shape index (κ3) is 6.93. The maximum atomic E-state index is 13.6. The van der Waals surface area contributed by atoms with Gasteiger partial charge < -0.3 is 25.0 Å². The quantitative estimate of drug-likeness (QED) is 0.450. The summed E-state index contributed by atoms with van der Waals surface area (Å²) in [5.74, 6) is 4.60. The van der Waals surface area contributed by atoms with Crippen LogP contribution in [0.2, 0.25) is 0 Å². The van der Waals surface area contributed by atoms with Crippen molar-refractivity contribution in [3.05, 3.63) is 89.1 Å². The molecule has 2 aromatic carbocycles. The number of carbonyl (C=O) groups excluding carboxylic acids is 2. The van der Waals surface area contributed by atoms with Gasteiger partial charge in [0.05, 0.1) is 19.2 Å². The van der Waals surface area contributed by atoms with E-state index in [1.54, 1.807) is 37.1 Å². The number of ether oxygens (including phenoxy) is 1. The van der Waals surface area contributed by atoms with Crippen molar-refractivity contribution >= 4 is 17.6 Å². The van der Waals surface area contributed by atoms with Crippen LogP contribution in [0, 0.1) is 29.4 Å². The third-order valence-corrected chi connectivity index (χ3v) is 6.61. The molecule has 3 aromatic rings. The number of fused-ring (bicyclic) bond motifs is 1. The molecule has 212 valence electrons. The van der Waals surface area contributed by atoms with Crippen molar-refractivity contribution in [2.24, 2.45) is 5.92 Å². The van der Waals surface area contributed by atoms with E-state index >= 15 is 0 Å². The van der Waals surface area contributed by atoms with Crippen molar-refractivity contribution in [1.82, 2.24) is 14.8 Å². The van der Waals surface area contributed by atoms with E-state index in [1.165, 1.54) is 47.5 Å². The highest BCUT2D eigenvalue weighted by atomic mass is 19.1. The van der Waals surface area contributed by atoms with Gasteiger partial charge in [-0.1, -0.05) is 18.8 Å². The number of hydrogen-bond donors (Lipinski definition) is 2. The van der Waals surface area contributed by atoms with Crippen molar-refractivity contribution < 1.29 is 31.1 Å². The lowest BCUT2D eigenvalue weighted by molar-refractivity contribution is 0.0356. The highest BCUT2D eigenvalue weighted by Crippen LogP contribution is 2.27. The number of carbonyl (C=O) groups is 2. The van der Waals surface area contributed by atoms with E-state index in [2.05, 4.69) is 22.1 Å². The van der Waals surface area contributed by atoms with Crippen LogP contribution in [0.25, 0.3) is 0 Å². The van der Waals surface area contributed by atoms with Gasteiger partial charge >= 0.3 is 6.03 Å². The van der Waals surface area contributed by atoms with Crippen molar-refractivity contribution in [2.45, 2.75) is 26.0 Å². The SMILES string of the molecule is C[C@H](CO)N1C[C@H](C)[C@H](CN(C)C(=O)Nc2ccc(F)cc2)Oc2ncc(C#Cc3ccc(F)cc3)cc2C1=O.[HH].[HH]. The van der Waals surface area contributed by atoms with Crippen LogP contribution in [-0.4, -0.2) is 70.7 Å². The van der Waals surface area contributed by atoms with Crippen molar-refractivity contribution in [3.8, 4) is 17.7 Å². The van der Waals surface area contributed by atoms with E-state index in [0.29, 0.717) is 16.8 Å². The van der Waals surface area contributed by atoms with Gasteiger partial charge in [0, 0.05) is 45.4 Å². The van der Waals surface area contributed by atoms with E-state index in [1.807, 2.05) is 6.92 Å². The second-order valence-corrected chi connectivity index (χ2v) is 9.77. The van der Waals surface area contributed by atoms with Gasteiger partial charge in [0.25, 0.3) is 5.91 Å². The Morgan fingerprint density at radius 1 is 1.18 bits per heavy atom. The number of urea groups is 1. The third-order valence-electron chi connectivity index (χ3n) is 6.61. The van der Waals surface area contributed by atoms with Gasteiger partial charge in [0.2, 0.25) is 5.88 Å². The maximum Gasteiger partial charge on any atom is 0.321 e. The Morgan fingerprint density at radius 3 is 2.45 bits per heavy atom. The fourth-order valence-corrected chi connectivity index (χ4v) is 4.17. The average molecular weight is 553 g/mol. The zero-order valence-electron chi connectivity index (χ0n) is 22.4. The van der Waals surface area contributed by atoms with Crippen LogP contribution in [0.4, 0.5) is 19.3 Å². The minimum atomic E-state index is -0.548. The largest absolute Gasteiger partial charge is 0.472 e. The molecular weight excluding hydrogens is 518 g/mol. The first-order valence-electron chi connectivity index (χ1n) is 12.8. The first kappa shape index (κ1) is 28.5. The molecular formula is C30H34F2N4O4. The van der Waals surface area contributed by atoms with E-state index in [0.717, 1.165) is 0 Å². The zero-order chi connectivity index (χ0) is 28.8. The molecule has 8 nitrogen and oxygen atoms in total. The Labute approximate surface area is 234 Å². The molecule has 2 N–H and O–H groups in total. The Bertz CT molecular complexity index is 1430. The number of amides is 3. The van der Waals surface area contributed by atoms with Crippen LogP contribution in [0.1, 0.15) is 38.2 Å². The number of nitrogens with zero attached hydrogens (tertiary/aromatic N) is 3. The summed E-state index contributed by atoms with van der Waals surface area (Å²) in [4.78, 5) is 33.8. The van der Waals surface area contributed by atoms with Crippen LogP contribution in [0.5, 0.6) is 5.88 Å². The number of nitrogens with one attached hydrogen (secondary N) is 1. The van der Waals surface area contributed by atoms with E-state index in [4.69, 9.17) is 4.74 Å². The number of halogens is 2. The van der Waals surface area contributed by atoms with Gasteiger partial charge in [-0.3, -0.25) is 4.79 Å². The lowest BCUT2D eigenvalue weighted by Crippen LogP contribution is -2.50. The Morgan fingerprint density at radius 2 is 1.80 bits per heavy atom. The number of hydrogen-bond acceptors (Lipinski definition) is 5. The Hall–Kier alpha value is -4.49. The summed E-state index contributed by atoms with van der Waals surface area (Å²) in [6.07, 6.45) is 0.935. The molecule has 4 rings (SSSR count). The number of anilines is 1. The molecule has 1 aliphatic rings. The number of aromatic nitrogens is 1. The summed E-state index contributed by atoms with van der Waals surface area (Å²) in [6.45, 7) is 3.83. The molecule has 3 amide bonds. The molecule has 0 spiro atoms. The summed E-state index contributed by atoms with van der Waals surface area (Å²) in [5, 5.41) is 12.6. The maximum absolute atomic E-state index is 13.6. The predicted molar refractivity (Wildman–Crippen MR) is 150 cm³/mol. The lowest BCUT2D eigenvalue weighted by Gasteiger charge is -2.37. The molecule has 0 radical (unpaired) electrons. The molecule has 40 heavy (non-hydrogen) atoms. The van der Waals surface area contributed by atoms with E-state index in [9.17, 15) is 23.5 Å². The Kier molecular flexibility index (Phi) is 8.97. The molecule has 0 fully saturated rings. The number of rotatable bonds is 5. The highest BCUT2D eigenvalue weighted by Gasteiger charge is 2.34. The van der Waals surface area contributed by atoms with Crippen LogP contribution >= 0.6 is 0 Å². The molecule has 0 bridgehead atoms. The molecule has 0 unspecified atom stereocenters. The number of benzene rings is 2. The summed E-state index contributed by atoms with van der Waals surface area (Å²) >= 11 is 0. The van der Waals surface area contributed by atoms with Crippen LogP contribution in [0.3, 0.4) is 0 Å². The summed E-state index contributed by atoms with van der Waals surface area (Å²) in [6, 6.07) is 11.9. The molecule has 1 aliphatic heterocycles. The molecule has 0 aliphatic carbocycles. The van der Waals surface area contributed by atoms with Crippen LogP contribution < -0.4 is 10.1 Å². The first-order valence-corrected chi connectivity index (χ1v) is 12.8. The van der Waals surface area contributed by atoms with E-state index in [-0.39, 0.29) is 51.6 Å². The molecule has 0 saturated heterocycles. The monoisotopic (exact) mass is 552 g/mol. The predicted octanol–water partition coefficient (Wildman–Crippen LogP) is 4.64. The number of aliphatic hydroxyl groups excluding tert-OH is 1. The van der Waals surface area contributed by atoms with Crippen molar-refractivity contribution in [3.63, 3.8) is 0 Å².